The topological polar surface area (TPSA) is 41.6 Å². The average Bonchev–Trinajstić information content (AvgIpc) is 2.88. The van der Waals surface area contributed by atoms with Crippen molar-refractivity contribution in [1.82, 2.24) is 4.90 Å². The summed E-state index contributed by atoms with van der Waals surface area (Å²) >= 11 is 8.19. The highest BCUT2D eigenvalue weighted by Crippen LogP contribution is 2.37. The van der Waals surface area contributed by atoms with Crippen LogP contribution in [0, 0.1) is 0 Å². The molecule has 0 aliphatic carbocycles. The number of carbonyl (C=O) groups excluding carboxylic acids is 1. The molecule has 1 heterocycles. The van der Waals surface area contributed by atoms with E-state index in [-0.39, 0.29) is 6.03 Å². The van der Waals surface area contributed by atoms with E-state index in [9.17, 15) is 4.79 Å². The second-order valence-electron chi connectivity index (χ2n) is 5.82. The summed E-state index contributed by atoms with van der Waals surface area (Å²) in [6.07, 6.45) is 0.889. The van der Waals surface area contributed by atoms with Crippen LogP contribution in [0.5, 0.6) is 5.75 Å². The molecule has 1 unspecified atom stereocenters. The number of ether oxygens (including phenoxy) is 1. The molecule has 0 spiro atoms. The number of nitrogens with one attached hydrogen (secondary N) is 1. The van der Waals surface area contributed by atoms with Gasteiger partial charge in [-0.2, -0.15) is 11.8 Å². The number of nitrogens with zero attached hydrogens (tertiary/aromatic N) is 1. The Kier molecular flexibility index (Phi) is 6.10. The molecular weight excluding hydrogens is 356 g/mol. The van der Waals surface area contributed by atoms with E-state index in [4.69, 9.17) is 16.3 Å². The molecule has 0 radical (unpaired) electrons. The maximum atomic E-state index is 12.6. The number of thioether (sulfide) groups is 1. The molecular formula is C19H21ClN2O2S. The standard InChI is InChI=1S/C19H21ClN2O2S/c1-24-15-6-4-5-14(13-15)21-19(23)22-10-9-18(25-12-11-22)16-7-2-3-8-17(16)20/h2-8,13,18H,9-12H2,1H3,(H,21,23). The summed E-state index contributed by atoms with van der Waals surface area (Å²) in [7, 11) is 1.61. The number of benzene rings is 2. The van der Waals surface area contributed by atoms with Crippen molar-refractivity contribution in [3.05, 3.63) is 59.1 Å². The van der Waals surface area contributed by atoms with Gasteiger partial charge < -0.3 is 15.0 Å². The first kappa shape index (κ1) is 18.0. The van der Waals surface area contributed by atoms with E-state index >= 15 is 0 Å². The van der Waals surface area contributed by atoms with E-state index < -0.39 is 0 Å². The lowest BCUT2D eigenvalue weighted by molar-refractivity contribution is 0.215. The predicted molar refractivity (Wildman–Crippen MR) is 105 cm³/mol. The Balaban J connectivity index is 1.62. The maximum Gasteiger partial charge on any atom is 0.321 e. The molecule has 1 saturated heterocycles. The van der Waals surface area contributed by atoms with Crippen LogP contribution in [-0.4, -0.2) is 36.9 Å². The molecule has 2 aromatic rings. The Morgan fingerprint density at radius 2 is 2.08 bits per heavy atom. The summed E-state index contributed by atoms with van der Waals surface area (Å²) in [5.74, 6) is 1.62. The number of halogens is 1. The van der Waals surface area contributed by atoms with Crippen LogP contribution in [0.25, 0.3) is 0 Å². The third kappa shape index (κ3) is 4.61. The van der Waals surface area contributed by atoms with Gasteiger partial charge in [-0.15, -0.1) is 0 Å². The first-order valence-electron chi connectivity index (χ1n) is 8.23. The van der Waals surface area contributed by atoms with E-state index in [1.54, 1.807) is 7.11 Å². The monoisotopic (exact) mass is 376 g/mol. The highest BCUT2D eigenvalue weighted by Gasteiger charge is 2.23. The number of carbonyl (C=O) groups is 1. The van der Waals surface area contributed by atoms with Gasteiger partial charge in [0.25, 0.3) is 0 Å². The van der Waals surface area contributed by atoms with Crippen molar-refractivity contribution < 1.29 is 9.53 Å². The Morgan fingerprint density at radius 1 is 1.24 bits per heavy atom. The minimum atomic E-state index is -0.0753. The van der Waals surface area contributed by atoms with Gasteiger partial charge in [0, 0.05) is 40.9 Å². The number of urea groups is 1. The van der Waals surface area contributed by atoms with Gasteiger partial charge in [-0.25, -0.2) is 4.79 Å². The number of hydrogen-bond donors (Lipinski definition) is 1. The van der Waals surface area contributed by atoms with Crippen LogP contribution in [0.2, 0.25) is 5.02 Å². The largest absolute Gasteiger partial charge is 0.497 e. The molecule has 3 rings (SSSR count). The van der Waals surface area contributed by atoms with Crippen molar-refractivity contribution in [2.75, 3.05) is 31.3 Å². The first-order valence-corrected chi connectivity index (χ1v) is 9.66. The smallest absolute Gasteiger partial charge is 0.321 e. The van der Waals surface area contributed by atoms with E-state index in [0.717, 1.165) is 40.7 Å². The minimum Gasteiger partial charge on any atom is -0.497 e. The van der Waals surface area contributed by atoms with Gasteiger partial charge in [0.05, 0.1) is 7.11 Å². The van der Waals surface area contributed by atoms with Crippen LogP contribution in [0.4, 0.5) is 10.5 Å². The summed E-state index contributed by atoms with van der Waals surface area (Å²) in [6.45, 7) is 1.43. The van der Waals surface area contributed by atoms with Gasteiger partial charge in [-0.05, 0) is 30.2 Å². The Bertz CT molecular complexity index is 741. The van der Waals surface area contributed by atoms with Crippen molar-refractivity contribution in [3.8, 4) is 5.75 Å². The predicted octanol–water partition coefficient (Wildman–Crippen LogP) is 5.06. The molecule has 0 aromatic heterocycles. The lowest BCUT2D eigenvalue weighted by atomic mass is 10.1. The zero-order chi connectivity index (χ0) is 17.6. The maximum absolute atomic E-state index is 12.6. The van der Waals surface area contributed by atoms with Crippen LogP contribution in [0.3, 0.4) is 0 Å². The second-order valence-corrected chi connectivity index (χ2v) is 7.54. The summed E-state index contributed by atoms with van der Waals surface area (Å²) in [6, 6.07) is 15.3. The molecule has 1 fully saturated rings. The van der Waals surface area contributed by atoms with Gasteiger partial charge in [-0.3, -0.25) is 0 Å². The van der Waals surface area contributed by atoms with Crippen molar-refractivity contribution in [2.24, 2.45) is 0 Å². The normalized spacial score (nSPS) is 17.7. The van der Waals surface area contributed by atoms with Gasteiger partial charge in [-0.1, -0.05) is 35.9 Å². The van der Waals surface area contributed by atoms with E-state index in [1.165, 1.54) is 0 Å². The van der Waals surface area contributed by atoms with Crippen molar-refractivity contribution in [3.63, 3.8) is 0 Å². The zero-order valence-corrected chi connectivity index (χ0v) is 15.6. The van der Waals surface area contributed by atoms with Gasteiger partial charge in [0.15, 0.2) is 0 Å². The summed E-state index contributed by atoms with van der Waals surface area (Å²) in [5.41, 5.74) is 1.90. The molecule has 1 aliphatic rings. The highest BCUT2D eigenvalue weighted by molar-refractivity contribution is 7.99. The third-order valence-corrected chi connectivity index (χ3v) is 5.86. The fraction of sp³-hybridized carbons (Fsp3) is 0.316. The molecule has 2 amide bonds. The molecule has 0 bridgehead atoms. The fourth-order valence-electron chi connectivity index (χ4n) is 2.86. The average molecular weight is 377 g/mol. The minimum absolute atomic E-state index is 0.0753. The Morgan fingerprint density at radius 3 is 2.88 bits per heavy atom. The Hall–Kier alpha value is -1.85. The number of methoxy groups -OCH3 is 1. The van der Waals surface area contributed by atoms with Gasteiger partial charge >= 0.3 is 6.03 Å². The number of hydrogen-bond acceptors (Lipinski definition) is 3. The number of rotatable bonds is 3. The summed E-state index contributed by atoms with van der Waals surface area (Å²) in [5, 5.41) is 4.07. The molecule has 1 N–H and O–H groups in total. The molecule has 132 valence electrons. The first-order chi connectivity index (χ1) is 12.2. The molecule has 1 atom stereocenters. The molecule has 4 nitrogen and oxygen atoms in total. The van der Waals surface area contributed by atoms with Crippen LogP contribution in [0.1, 0.15) is 17.2 Å². The quantitative estimate of drug-likeness (QED) is 0.813. The summed E-state index contributed by atoms with van der Waals surface area (Å²) < 4.78 is 5.20. The lowest BCUT2D eigenvalue weighted by Crippen LogP contribution is -2.36. The van der Waals surface area contributed by atoms with E-state index in [2.05, 4.69) is 11.4 Å². The van der Waals surface area contributed by atoms with E-state index in [0.29, 0.717) is 11.8 Å². The van der Waals surface area contributed by atoms with Crippen LogP contribution < -0.4 is 10.1 Å². The molecule has 25 heavy (non-hydrogen) atoms. The third-order valence-electron chi connectivity index (χ3n) is 4.20. The molecule has 1 aliphatic heterocycles. The van der Waals surface area contributed by atoms with Gasteiger partial charge in [0.1, 0.15) is 5.75 Å². The molecule has 6 heteroatoms. The number of anilines is 1. The van der Waals surface area contributed by atoms with Crippen molar-refractivity contribution in [1.29, 1.82) is 0 Å². The van der Waals surface area contributed by atoms with Gasteiger partial charge in [0.2, 0.25) is 0 Å². The van der Waals surface area contributed by atoms with Crippen LogP contribution >= 0.6 is 23.4 Å². The highest BCUT2D eigenvalue weighted by atomic mass is 35.5. The molecule has 2 aromatic carbocycles. The van der Waals surface area contributed by atoms with Crippen molar-refractivity contribution >= 4 is 35.1 Å². The second kappa shape index (κ2) is 8.50. The van der Waals surface area contributed by atoms with Crippen LogP contribution in [0.15, 0.2) is 48.5 Å². The lowest BCUT2D eigenvalue weighted by Gasteiger charge is -2.21. The zero-order valence-electron chi connectivity index (χ0n) is 14.1. The fourth-order valence-corrected chi connectivity index (χ4v) is 4.46. The van der Waals surface area contributed by atoms with Crippen LogP contribution in [-0.2, 0) is 0 Å². The SMILES string of the molecule is COc1cccc(NC(=O)N2CCSC(c3ccccc3Cl)CC2)c1. The van der Waals surface area contributed by atoms with Crippen molar-refractivity contribution in [2.45, 2.75) is 11.7 Å². The van der Waals surface area contributed by atoms with E-state index in [1.807, 2.05) is 59.1 Å². The summed E-state index contributed by atoms with van der Waals surface area (Å²) in [4.78, 5) is 14.4. The molecule has 0 saturated carbocycles. The Labute approximate surface area is 157 Å². The number of amides is 2.